The maximum absolute atomic E-state index is 10.2. The molecular formula is C5H9N2ORbS. The molecule has 10 heavy (non-hydrogen) atoms. The number of carbonyl (C=O) groups is 1. The maximum Gasteiger partial charge on any atom is 1.00 e. The molecule has 0 rings (SSSR count). The van der Waals surface area contributed by atoms with Crippen LogP contribution in [0.1, 0.15) is 6.92 Å². The van der Waals surface area contributed by atoms with E-state index in [0.717, 1.165) is 0 Å². The van der Waals surface area contributed by atoms with Crippen LogP contribution in [-0.2, 0) is 17.4 Å². The molecule has 1 N–H and O–H groups in total. The quantitative estimate of drug-likeness (QED) is 0.312. The van der Waals surface area contributed by atoms with E-state index < -0.39 is 0 Å². The third kappa shape index (κ3) is 7.27. The molecule has 52 valence electrons. The molecule has 0 aliphatic heterocycles. The van der Waals surface area contributed by atoms with Gasteiger partial charge in [0.1, 0.15) is 0 Å². The first-order valence-corrected chi connectivity index (χ1v) is 2.91. The smallest absolute Gasteiger partial charge is 0.740 e. The Kier molecular flexibility index (Phi) is 9.41. The van der Waals surface area contributed by atoms with Crippen molar-refractivity contribution < 1.29 is 63.0 Å². The van der Waals surface area contributed by atoms with Crippen LogP contribution in [0.2, 0.25) is 0 Å². The summed E-state index contributed by atoms with van der Waals surface area (Å²) in [5, 5.41) is 6.69. The Morgan fingerprint density at radius 1 is 1.70 bits per heavy atom. The Bertz CT molecular complexity index is 140. The minimum Gasteiger partial charge on any atom is -0.740 e. The van der Waals surface area contributed by atoms with Gasteiger partial charge >= 0.3 is 58.2 Å². The van der Waals surface area contributed by atoms with Gasteiger partial charge < -0.3 is 22.3 Å². The number of hydrogen-bond acceptors (Lipinski definition) is 3. The van der Waals surface area contributed by atoms with Gasteiger partial charge in [-0.1, -0.05) is 0 Å². The van der Waals surface area contributed by atoms with E-state index in [9.17, 15) is 4.79 Å². The second kappa shape index (κ2) is 6.85. The monoisotopic (exact) mass is 230 g/mol. The predicted molar refractivity (Wildman–Crippen MR) is 38.4 cm³/mol. The van der Waals surface area contributed by atoms with E-state index in [2.05, 4.69) is 12.6 Å². The molecule has 0 aromatic heterocycles. The van der Waals surface area contributed by atoms with E-state index in [1.807, 2.05) is 0 Å². The molecule has 0 heterocycles. The van der Waals surface area contributed by atoms with E-state index in [4.69, 9.17) is 5.41 Å². The summed E-state index contributed by atoms with van der Waals surface area (Å²) >= 11 is 4.30. The van der Waals surface area contributed by atoms with Crippen LogP contribution in [0, 0.1) is 5.41 Å². The summed E-state index contributed by atoms with van der Waals surface area (Å²) in [4.78, 5) is 11.7. The number of hydrogen-bond donors (Lipinski definition) is 1. The number of nitrogens with one attached hydrogen (secondary N) is 1. The first-order valence-electron chi connectivity index (χ1n) is 2.50. The second-order valence-electron chi connectivity index (χ2n) is 1.81. The van der Waals surface area contributed by atoms with E-state index in [1.54, 1.807) is 14.0 Å². The van der Waals surface area contributed by atoms with Gasteiger partial charge in [-0.3, -0.25) is 5.41 Å². The summed E-state index contributed by atoms with van der Waals surface area (Å²) in [7, 11) is 1.66. The molecule has 0 fully saturated rings. The fourth-order valence-corrected chi connectivity index (χ4v) is 0.506. The van der Waals surface area contributed by atoms with Gasteiger partial charge in [-0.15, -0.1) is 0 Å². The number of amidine groups is 1. The Morgan fingerprint density at radius 2 is 2.10 bits per heavy atom. The summed E-state index contributed by atoms with van der Waals surface area (Å²) in [5.74, 6) is 0.355. The Balaban J connectivity index is 0. The topological polar surface area (TPSA) is 44.2 Å². The fraction of sp³-hybridized carbons (Fsp3) is 0.600. The molecule has 0 aliphatic rings. The average Bonchev–Trinajstić information content (AvgIpc) is 1.63. The van der Waals surface area contributed by atoms with Crippen molar-refractivity contribution in [1.82, 2.24) is 4.90 Å². The standard InChI is InChI=1S/C5H10N2OS.Rb/c1-4(6)7(2)3-5(8)9;/h6H,3H2,1-2H3,(H,8,9);/q;+1/p-1. The average molecular weight is 231 g/mol. The zero-order chi connectivity index (χ0) is 7.44. The zero-order valence-corrected chi connectivity index (χ0v) is 12.2. The van der Waals surface area contributed by atoms with Gasteiger partial charge in [0.05, 0.1) is 12.4 Å². The molecular weight excluding hydrogens is 222 g/mol. The summed E-state index contributed by atoms with van der Waals surface area (Å²) in [6.07, 6.45) is 0. The SMILES string of the molecule is CC(=N)N(C)CC(=O)[S-].[Rb+]. The van der Waals surface area contributed by atoms with Crippen LogP contribution in [-0.4, -0.2) is 29.4 Å². The maximum atomic E-state index is 10.2. The molecule has 0 aromatic rings. The van der Waals surface area contributed by atoms with Crippen LogP contribution in [0.3, 0.4) is 0 Å². The van der Waals surface area contributed by atoms with Crippen molar-refractivity contribution in [2.75, 3.05) is 13.6 Å². The molecule has 0 saturated heterocycles. The first kappa shape index (κ1) is 13.7. The van der Waals surface area contributed by atoms with E-state index in [1.165, 1.54) is 4.90 Å². The Hall–Kier alpha value is 1.17. The van der Waals surface area contributed by atoms with Gasteiger partial charge in [0, 0.05) is 12.2 Å². The van der Waals surface area contributed by atoms with Gasteiger partial charge in [-0.05, 0) is 6.92 Å². The predicted octanol–water partition coefficient (Wildman–Crippen LogP) is -3.01. The summed E-state index contributed by atoms with van der Waals surface area (Å²) < 4.78 is 0. The van der Waals surface area contributed by atoms with Gasteiger partial charge in [-0.25, -0.2) is 0 Å². The molecule has 3 nitrogen and oxygen atoms in total. The molecule has 0 unspecified atom stereocenters. The molecule has 0 aliphatic carbocycles. The normalized spacial score (nSPS) is 7.80. The van der Waals surface area contributed by atoms with Gasteiger partial charge in [0.25, 0.3) is 0 Å². The zero-order valence-electron chi connectivity index (χ0n) is 6.47. The summed E-state index contributed by atoms with van der Waals surface area (Å²) in [5.41, 5.74) is 0. The number of nitrogens with zero attached hydrogens (tertiary/aromatic N) is 1. The molecule has 0 amide bonds. The van der Waals surface area contributed by atoms with Gasteiger partial charge in [0.15, 0.2) is 0 Å². The van der Waals surface area contributed by atoms with Crippen LogP contribution in [0.15, 0.2) is 0 Å². The molecule has 0 bridgehead atoms. The Morgan fingerprint density at radius 3 is 2.20 bits per heavy atom. The van der Waals surface area contributed by atoms with Crippen molar-refractivity contribution in [1.29, 1.82) is 5.41 Å². The van der Waals surface area contributed by atoms with Crippen molar-refractivity contribution in [2.45, 2.75) is 6.92 Å². The van der Waals surface area contributed by atoms with Crippen LogP contribution in [0.5, 0.6) is 0 Å². The first-order chi connectivity index (χ1) is 4.04. The van der Waals surface area contributed by atoms with Crippen molar-refractivity contribution in [2.24, 2.45) is 0 Å². The third-order valence-corrected chi connectivity index (χ3v) is 1.07. The fourth-order valence-electron chi connectivity index (χ4n) is 0.312. The van der Waals surface area contributed by atoms with Crippen LogP contribution in [0.25, 0.3) is 0 Å². The molecule has 0 radical (unpaired) electrons. The molecule has 0 spiro atoms. The minimum atomic E-state index is -0.330. The van der Waals surface area contributed by atoms with E-state index in [0.29, 0.717) is 5.84 Å². The van der Waals surface area contributed by atoms with E-state index in [-0.39, 0.29) is 69.8 Å². The van der Waals surface area contributed by atoms with Crippen LogP contribution in [0.4, 0.5) is 0 Å². The van der Waals surface area contributed by atoms with Crippen molar-refractivity contribution >= 4 is 23.6 Å². The van der Waals surface area contributed by atoms with Crippen molar-refractivity contribution in [3.8, 4) is 0 Å². The minimum absolute atomic E-state index is 0. The summed E-state index contributed by atoms with van der Waals surface area (Å²) in [6.45, 7) is 1.77. The third-order valence-electron chi connectivity index (χ3n) is 0.939. The second-order valence-corrected chi connectivity index (χ2v) is 2.27. The van der Waals surface area contributed by atoms with Crippen LogP contribution < -0.4 is 58.2 Å². The van der Waals surface area contributed by atoms with E-state index >= 15 is 0 Å². The Labute approximate surface area is 115 Å². The molecule has 0 aromatic carbocycles. The van der Waals surface area contributed by atoms with Crippen molar-refractivity contribution in [3.63, 3.8) is 0 Å². The summed E-state index contributed by atoms with van der Waals surface area (Å²) in [6, 6.07) is 0. The number of likely N-dealkylation sites (N-methyl/N-ethyl adjacent to an activating group) is 1. The molecule has 0 saturated carbocycles. The van der Waals surface area contributed by atoms with Gasteiger partial charge in [-0.2, -0.15) is 0 Å². The largest absolute Gasteiger partial charge is 1.00 e. The van der Waals surface area contributed by atoms with Crippen molar-refractivity contribution in [3.05, 3.63) is 0 Å². The van der Waals surface area contributed by atoms with Crippen LogP contribution >= 0.6 is 0 Å². The molecule has 0 atom stereocenters. The number of carbonyl (C=O) groups excluding carboxylic acids is 1. The van der Waals surface area contributed by atoms with Gasteiger partial charge in [0.2, 0.25) is 0 Å². The molecule has 5 heteroatoms. The number of rotatable bonds is 2.